The van der Waals surface area contributed by atoms with Gasteiger partial charge in [-0.25, -0.2) is 0 Å². The molecular formula is C18H30O6. The highest BCUT2D eigenvalue weighted by Crippen LogP contribution is 2.13. The first-order chi connectivity index (χ1) is 11.4. The Kier molecular flexibility index (Phi) is 9.42. The molecule has 0 aromatic rings. The second-order valence-electron chi connectivity index (χ2n) is 6.58. The molecule has 138 valence electrons. The van der Waals surface area contributed by atoms with Crippen molar-refractivity contribution in [2.75, 3.05) is 0 Å². The molecule has 24 heavy (non-hydrogen) atoms. The van der Waals surface area contributed by atoms with Gasteiger partial charge in [0.25, 0.3) is 0 Å². The summed E-state index contributed by atoms with van der Waals surface area (Å²) in [4.78, 5) is 35.2. The van der Waals surface area contributed by atoms with Gasteiger partial charge < -0.3 is 14.2 Å². The molecule has 1 heterocycles. The van der Waals surface area contributed by atoms with Crippen molar-refractivity contribution in [1.82, 2.24) is 0 Å². The zero-order valence-corrected chi connectivity index (χ0v) is 15.0. The molecule has 0 saturated carbocycles. The fraction of sp³-hybridized carbons (Fsp3) is 0.833. The summed E-state index contributed by atoms with van der Waals surface area (Å²) in [6.07, 6.45) is 4.11. The highest BCUT2D eigenvalue weighted by atomic mass is 16.6. The standard InChI is InChI=1S/C18H30O6/c1-13-7-4-10-17(20)23-15(3)9-6-12-18(21)24-14(2)8-5-11-16(19)22-13/h13-15H,4-12H2,1-3H3/t13-,14-,15?/m1/s1. The van der Waals surface area contributed by atoms with Crippen molar-refractivity contribution < 1.29 is 28.6 Å². The van der Waals surface area contributed by atoms with Gasteiger partial charge in [-0.15, -0.1) is 0 Å². The third-order valence-electron chi connectivity index (χ3n) is 3.97. The van der Waals surface area contributed by atoms with E-state index < -0.39 is 0 Å². The fourth-order valence-corrected chi connectivity index (χ4v) is 2.63. The van der Waals surface area contributed by atoms with Gasteiger partial charge in [0.2, 0.25) is 0 Å². The Morgan fingerprint density at radius 1 is 0.583 bits per heavy atom. The molecular weight excluding hydrogens is 312 g/mol. The summed E-state index contributed by atoms with van der Waals surface area (Å²) in [5.41, 5.74) is 0. The zero-order chi connectivity index (χ0) is 17.9. The lowest BCUT2D eigenvalue weighted by molar-refractivity contribution is -0.150. The molecule has 1 fully saturated rings. The maximum Gasteiger partial charge on any atom is 0.306 e. The number of cyclic esters (lactones) is 3. The van der Waals surface area contributed by atoms with E-state index in [1.165, 1.54) is 0 Å². The molecule has 0 bridgehead atoms. The monoisotopic (exact) mass is 342 g/mol. The highest BCUT2D eigenvalue weighted by molar-refractivity contribution is 5.70. The van der Waals surface area contributed by atoms with Gasteiger partial charge >= 0.3 is 17.9 Å². The molecule has 6 heteroatoms. The largest absolute Gasteiger partial charge is 0.463 e. The van der Waals surface area contributed by atoms with Crippen LogP contribution in [0.1, 0.15) is 78.6 Å². The summed E-state index contributed by atoms with van der Waals surface area (Å²) < 4.78 is 15.9. The first kappa shape index (κ1) is 20.5. The first-order valence-corrected chi connectivity index (χ1v) is 8.95. The Labute approximate surface area is 144 Å². The van der Waals surface area contributed by atoms with E-state index in [0.717, 1.165) is 0 Å². The van der Waals surface area contributed by atoms with Crippen LogP contribution in [0.15, 0.2) is 0 Å². The van der Waals surface area contributed by atoms with Crippen molar-refractivity contribution in [1.29, 1.82) is 0 Å². The van der Waals surface area contributed by atoms with Gasteiger partial charge in [-0.2, -0.15) is 0 Å². The van der Waals surface area contributed by atoms with Crippen LogP contribution in [-0.2, 0) is 28.6 Å². The topological polar surface area (TPSA) is 78.9 Å². The predicted molar refractivity (Wildman–Crippen MR) is 88.2 cm³/mol. The summed E-state index contributed by atoms with van der Waals surface area (Å²) in [5, 5.41) is 0. The number of carbonyl (C=O) groups excluding carboxylic acids is 3. The summed E-state index contributed by atoms with van der Waals surface area (Å²) in [6, 6.07) is 0. The molecule has 6 nitrogen and oxygen atoms in total. The lowest BCUT2D eigenvalue weighted by atomic mass is 10.1. The number of hydrogen-bond donors (Lipinski definition) is 0. The second kappa shape index (κ2) is 11.0. The van der Waals surface area contributed by atoms with Crippen LogP contribution in [0.25, 0.3) is 0 Å². The van der Waals surface area contributed by atoms with Crippen molar-refractivity contribution in [2.45, 2.75) is 96.9 Å². The van der Waals surface area contributed by atoms with Gasteiger partial charge in [-0.1, -0.05) is 0 Å². The molecule has 3 atom stereocenters. The number of hydrogen-bond acceptors (Lipinski definition) is 6. The van der Waals surface area contributed by atoms with Crippen LogP contribution in [0.3, 0.4) is 0 Å². The average Bonchev–Trinajstić information content (AvgIpc) is 2.45. The lowest BCUT2D eigenvalue weighted by Crippen LogP contribution is -2.19. The fourth-order valence-electron chi connectivity index (χ4n) is 2.63. The lowest BCUT2D eigenvalue weighted by Gasteiger charge is -2.17. The summed E-state index contributed by atoms with van der Waals surface area (Å²) in [7, 11) is 0. The van der Waals surface area contributed by atoms with E-state index in [0.29, 0.717) is 57.8 Å². The molecule has 1 saturated heterocycles. The summed E-state index contributed by atoms with van der Waals surface area (Å²) in [5.74, 6) is -0.755. The average molecular weight is 342 g/mol. The minimum absolute atomic E-state index is 0.211. The minimum atomic E-state index is -0.252. The third kappa shape index (κ3) is 9.53. The zero-order valence-electron chi connectivity index (χ0n) is 15.0. The molecule has 0 aromatic heterocycles. The number of esters is 3. The molecule has 0 aliphatic carbocycles. The molecule has 0 radical (unpaired) electrons. The van der Waals surface area contributed by atoms with E-state index in [2.05, 4.69) is 0 Å². The van der Waals surface area contributed by atoms with Crippen molar-refractivity contribution >= 4 is 17.9 Å². The van der Waals surface area contributed by atoms with Crippen LogP contribution >= 0.6 is 0 Å². The minimum Gasteiger partial charge on any atom is -0.463 e. The second-order valence-corrected chi connectivity index (χ2v) is 6.58. The normalized spacial score (nSPS) is 29.6. The van der Waals surface area contributed by atoms with E-state index >= 15 is 0 Å². The SMILES string of the molecule is CC1CCCC(=O)O[C@H](C)CCCC(=O)O[C@H](C)CCCC(=O)O1. The number of ether oxygens (including phenoxy) is 3. The van der Waals surface area contributed by atoms with Crippen LogP contribution in [-0.4, -0.2) is 36.2 Å². The quantitative estimate of drug-likeness (QED) is 0.496. The van der Waals surface area contributed by atoms with E-state index in [-0.39, 0.29) is 36.2 Å². The van der Waals surface area contributed by atoms with Crippen LogP contribution in [0.5, 0.6) is 0 Å². The Balaban J connectivity index is 2.52. The molecule has 0 aromatic carbocycles. The van der Waals surface area contributed by atoms with Gasteiger partial charge in [-0.05, 0) is 59.3 Å². The van der Waals surface area contributed by atoms with Crippen molar-refractivity contribution in [3.05, 3.63) is 0 Å². The van der Waals surface area contributed by atoms with Gasteiger partial charge in [0.1, 0.15) is 0 Å². The third-order valence-corrected chi connectivity index (χ3v) is 3.97. The Morgan fingerprint density at radius 3 is 1.08 bits per heavy atom. The van der Waals surface area contributed by atoms with Crippen molar-refractivity contribution in [3.8, 4) is 0 Å². The van der Waals surface area contributed by atoms with E-state index in [9.17, 15) is 14.4 Å². The molecule has 1 unspecified atom stereocenters. The molecule has 0 amide bonds. The van der Waals surface area contributed by atoms with Gasteiger partial charge in [-0.3, -0.25) is 14.4 Å². The van der Waals surface area contributed by atoms with Crippen molar-refractivity contribution in [3.63, 3.8) is 0 Å². The predicted octanol–water partition coefficient (Wildman–Crippen LogP) is 3.31. The molecule has 0 spiro atoms. The highest BCUT2D eigenvalue weighted by Gasteiger charge is 2.16. The number of carbonyl (C=O) groups is 3. The number of rotatable bonds is 0. The molecule has 1 aliphatic rings. The van der Waals surface area contributed by atoms with Crippen molar-refractivity contribution in [2.24, 2.45) is 0 Å². The van der Waals surface area contributed by atoms with Gasteiger partial charge in [0.05, 0.1) is 18.3 Å². The van der Waals surface area contributed by atoms with Crippen LogP contribution in [0.2, 0.25) is 0 Å². The smallest absolute Gasteiger partial charge is 0.306 e. The maximum atomic E-state index is 11.7. The Morgan fingerprint density at radius 2 is 0.833 bits per heavy atom. The Hall–Kier alpha value is -1.59. The molecule has 0 N–H and O–H groups in total. The van der Waals surface area contributed by atoms with Gasteiger partial charge in [0, 0.05) is 19.3 Å². The van der Waals surface area contributed by atoms with Crippen LogP contribution in [0.4, 0.5) is 0 Å². The molecule has 1 aliphatic heterocycles. The van der Waals surface area contributed by atoms with Crippen LogP contribution in [0, 0.1) is 0 Å². The van der Waals surface area contributed by atoms with E-state index in [1.54, 1.807) is 0 Å². The van der Waals surface area contributed by atoms with Crippen LogP contribution < -0.4 is 0 Å². The van der Waals surface area contributed by atoms with E-state index in [1.807, 2.05) is 20.8 Å². The summed E-state index contributed by atoms with van der Waals surface area (Å²) >= 11 is 0. The Bertz CT molecular complexity index is 358. The van der Waals surface area contributed by atoms with Gasteiger partial charge in [0.15, 0.2) is 0 Å². The van der Waals surface area contributed by atoms with E-state index in [4.69, 9.17) is 14.2 Å². The first-order valence-electron chi connectivity index (χ1n) is 8.95. The molecule has 1 rings (SSSR count). The summed E-state index contributed by atoms with van der Waals surface area (Å²) in [6.45, 7) is 5.48. The maximum absolute atomic E-state index is 11.7.